The number of β-amino-alcohol motifs (C(OH)–C–C–N with tert-alkyl or cyclic N) is 1. The van der Waals surface area contributed by atoms with E-state index in [9.17, 15) is 14.7 Å². The van der Waals surface area contributed by atoms with Gasteiger partial charge in [-0.2, -0.15) is 0 Å². The van der Waals surface area contributed by atoms with Crippen molar-refractivity contribution >= 4 is 12.2 Å². The molecule has 2 rings (SSSR count). The number of nitrogens with zero attached hydrogens (tertiary/aromatic N) is 1. The van der Waals surface area contributed by atoms with Gasteiger partial charge in [-0.15, -0.1) is 0 Å². The minimum Gasteiger partial charge on any atom is -0.445 e. The van der Waals surface area contributed by atoms with E-state index in [2.05, 4.69) is 5.32 Å². The van der Waals surface area contributed by atoms with Crippen molar-refractivity contribution in [1.29, 1.82) is 0 Å². The van der Waals surface area contributed by atoms with E-state index in [4.69, 9.17) is 9.47 Å². The number of aliphatic hydroxyl groups excluding tert-OH is 1. The number of nitrogens with one attached hydrogen (secondary N) is 1. The van der Waals surface area contributed by atoms with Crippen LogP contribution in [0.4, 0.5) is 9.59 Å². The number of carbonyl (C=O) groups excluding carboxylic acids is 2. The molecule has 0 spiro atoms. The third-order valence-corrected chi connectivity index (χ3v) is 3.05. The predicted molar refractivity (Wildman–Crippen MR) is 73.3 cm³/mol. The summed E-state index contributed by atoms with van der Waals surface area (Å²) in [5, 5.41) is 11.6. The van der Waals surface area contributed by atoms with Crippen molar-refractivity contribution in [3.63, 3.8) is 0 Å². The fourth-order valence-corrected chi connectivity index (χ4v) is 1.93. The van der Waals surface area contributed by atoms with Crippen LogP contribution in [-0.4, -0.2) is 48.1 Å². The van der Waals surface area contributed by atoms with Crippen LogP contribution < -0.4 is 5.32 Å². The first-order chi connectivity index (χ1) is 10.1. The molecule has 2 amide bonds. The van der Waals surface area contributed by atoms with Crippen LogP contribution in [0.5, 0.6) is 0 Å². The van der Waals surface area contributed by atoms with E-state index >= 15 is 0 Å². The molecule has 114 valence electrons. The maximum absolute atomic E-state index is 11.6. The Morgan fingerprint density at radius 3 is 2.71 bits per heavy atom. The Morgan fingerprint density at radius 2 is 2.05 bits per heavy atom. The molecule has 0 aliphatic carbocycles. The summed E-state index contributed by atoms with van der Waals surface area (Å²) in [5.74, 6) is 0. The van der Waals surface area contributed by atoms with E-state index in [0.29, 0.717) is 13.0 Å². The molecular formula is C14H18N2O5. The van der Waals surface area contributed by atoms with Crippen LogP contribution in [0.3, 0.4) is 0 Å². The number of likely N-dealkylation sites (tertiary alicyclic amines) is 1. The van der Waals surface area contributed by atoms with Gasteiger partial charge in [0.25, 0.3) is 0 Å². The van der Waals surface area contributed by atoms with Crippen molar-refractivity contribution < 1.29 is 24.2 Å². The number of benzene rings is 1. The highest BCUT2D eigenvalue weighted by atomic mass is 16.6. The van der Waals surface area contributed by atoms with Crippen LogP contribution in [0.25, 0.3) is 0 Å². The molecule has 1 heterocycles. The zero-order valence-electron chi connectivity index (χ0n) is 11.5. The van der Waals surface area contributed by atoms with E-state index in [1.165, 1.54) is 4.90 Å². The molecular weight excluding hydrogens is 276 g/mol. The molecule has 7 nitrogen and oxygen atoms in total. The van der Waals surface area contributed by atoms with Gasteiger partial charge in [0.1, 0.15) is 6.61 Å². The smallest absolute Gasteiger partial charge is 0.411 e. The lowest BCUT2D eigenvalue weighted by molar-refractivity contribution is 0.0873. The number of hydrogen-bond acceptors (Lipinski definition) is 5. The van der Waals surface area contributed by atoms with Crippen LogP contribution in [0, 0.1) is 0 Å². The first kappa shape index (κ1) is 15.1. The molecule has 1 aliphatic heterocycles. The van der Waals surface area contributed by atoms with Crippen LogP contribution in [0.15, 0.2) is 30.3 Å². The second-order valence-corrected chi connectivity index (χ2v) is 4.68. The normalized spacial score (nSPS) is 17.4. The minimum atomic E-state index is -0.659. The average molecular weight is 294 g/mol. The Balaban J connectivity index is 1.60. The van der Waals surface area contributed by atoms with Gasteiger partial charge < -0.3 is 19.5 Å². The van der Waals surface area contributed by atoms with Gasteiger partial charge >= 0.3 is 12.2 Å². The molecule has 1 unspecified atom stereocenters. The highest BCUT2D eigenvalue weighted by molar-refractivity contribution is 5.69. The molecule has 1 saturated heterocycles. The van der Waals surface area contributed by atoms with Gasteiger partial charge in [-0.05, 0) is 12.0 Å². The summed E-state index contributed by atoms with van der Waals surface area (Å²) in [7, 11) is 0. The van der Waals surface area contributed by atoms with Gasteiger partial charge in [0.2, 0.25) is 0 Å². The lowest BCUT2D eigenvalue weighted by Crippen LogP contribution is -2.34. The van der Waals surface area contributed by atoms with Crippen LogP contribution in [-0.2, 0) is 16.1 Å². The highest BCUT2D eigenvalue weighted by Crippen LogP contribution is 2.09. The third kappa shape index (κ3) is 4.96. The van der Waals surface area contributed by atoms with Crippen LogP contribution in [0.2, 0.25) is 0 Å². The number of alkyl carbamates (subject to hydrolysis) is 1. The molecule has 2 N–H and O–H groups in total. The Hall–Kier alpha value is -2.28. The Morgan fingerprint density at radius 1 is 1.29 bits per heavy atom. The topological polar surface area (TPSA) is 88.1 Å². The third-order valence-electron chi connectivity index (χ3n) is 3.05. The summed E-state index contributed by atoms with van der Waals surface area (Å²) < 4.78 is 9.82. The molecule has 0 saturated carbocycles. The molecule has 1 aromatic carbocycles. The van der Waals surface area contributed by atoms with Crippen molar-refractivity contribution in [3.05, 3.63) is 35.9 Å². The van der Waals surface area contributed by atoms with E-state index in [1.54, 1.807) is 0 Å². The van der Waals surface area contributed by atoms with Crippen molar-refractivity contribution in [2.24, 2.45) is 0 Å². The predicted octanol–water partition coefficient (Wildman–Crippen LogP) is 1.07. The Labute approximate surface area is 122 Å². The second kappa shape index (κ2) is 7.49. The first-order valence-corrected chi connectivity index (χ1v) is 6.69. The van der Waals surface area contributed by atoms with Crippen molar-refractivity contribution in [1.82, 2.24) is 10.2 Å². The van der Waals surface area contributed by atoms with Gasteiger partial charge in [0.15, 0.2) is 6.73 Å². The van der Waals surface area contributed by atoms with Crippen molar-refractivity contribution in [2.45, 2.75) is 19.1 Å². The van der Waals surface area contributed by atoms with Gasteiger partial charge in [-0.25, -0.2) is 9.59 Å². The maximum atomic E-state index is 11.6. The zero-order valence-corrected chi connectivity index (χ0v) is 11.5. The van der Waals surface area contributed by atoms with E-state index in [1.807, 2.05) is 30.3 Å². The first-order valence-electron chi connectivity index (χ1n) is 6.69. The lowest BCUT2D eigenvalue weighted by Gasteiger charge is -2.15. The standard InChI is InChI=1S/C14H18N2O5/c17-12-6-7-16(8-12)14(19)21-10-15-13(18)20-9-11-4-2-1-3-5-11/h1-5,12,17H,6-10H2,(H,15,18). The van der Waals surface area contributed by atoms with E-state index in [-0.39, 0.29) is 19.9 Å². The number of hydrogen-bond donors (Lipinski definition) is 2. The van der Waals surface area contributed by atoms with Gasteiger partial charge in [0.05, 0.1) is 6.10 Å². The fraction of sp³-hybridized carbons (Fsp3) is 0.429. The summed E-state index contributed by atoms with van der Waals surface area (Å²) in [6.45, 7) is 0.605. The quantitative estimate of drug-likeness (QED) is 0.811. The zero-order chi connectivity index (χ0) is 15.1. The highest BCUT2D eigenvalue weighted by Gasteiger charge is 2.25. The SMILES string of the molecule is O=C(NCOC(=O)N1CCC(O)C1)OCc1ccccc1. The average Bonchev–Trinajstić information content (AvgIpc) is 2.93. The molecule has 1 aliphatic rings. The molecule has 1 atom stereocenters. The van der Waals surface area contributed by atoms with Gasteiger partial charge in [0, 0.05) is 13.1 Å². The molecule has 1 fully saturated rings. The number of aliphatic hydroxyl groups is 1. The fourth-order valence-electron chi connectivity index (χ4n) is 1.93. The molecule has 1 aromatic rings. The number of carbonyl (C=O) groups is 2. The molecule has 0 bridgehead atoms. The summed E-state index contributed by atoms with van der Waals surface area (Å²) in [6, 6.07) is 9.25. The molecule has 7 heteroatoms. The summed E-state index contributed by atoms with van der Waals surface area (Å²) in [6.07, 6.45) is -1.17. The molecule has 0 radical (unpaired) electrons. The largest absolute Gasteiger partial charge is 0.445 e. The Kier molecular flexibility index (Phi) is 5.39. The Bertz CT molecular complexity index is 480. The van der Waals surface area contributed by atoms with Crippen LogP contribution >= 0.6 is 0 Å². The summed E-state index contributed by atoms with van der Waals surface area (Å²) >= 11 is 0. The molecule has 21 heavy (non-hydrogen) atoms. The van der Waals surface area contributed by atoms with Gasteiger partial charge in [-0.3, -0.25) is 5.32 Å². The number of rotatable bonds is 4. The maximum Gasteiger partial charge on any atom is 0.411 e. The summed E-state index contributed by atoms with van der Waals surface area (Å²) in [4.78, 5) is 24.3. The monoisotopic (exact) mass is 294 g/mol. The van der Waals surface area contributed by atoms with Crippen molar-refractivity contribution in [2.75, 3.05) is 19.8 Å². The molecule has 0 aromatic heterocycles. The van der Waals surface area contributed by atoms with E-state index < -0.39 is 18.3 Å². The van der Waals surface area contributed by atoms with Crippen molar-refractivity contribution in [3.8, 4) is 0 Å². The number of amides is 2. The van der Waals surface area contributed by atoms with E-state index in [0.717, 1.165) is 5.56 Å². The number of ether oxygens (including phenoxy) is 2. The summed E-state index contributed by atoms with van der Waals surface area (Å²) in [5.41, 5.74) is 0.871. The minimum absolute atomic E-state index is 0.152. The van der Waals surface area contributed by atoms with Gasteiger partial charge in [-0.1, -0.05) is 30.3 Å². The lowest BCUT2D eigenvalue weighted by atomic mass is 10.2. The van der Waals surface area contributed by atoms with Crippen LogP contribution in [0.1, 0.15) is 12.0 Å². The second-order valence-electron chi connectivity index (χ2n) is 4.68.